The van der Waals surface area contributed by atoms with Crippen LogP contribution in [-0.4, -0.2) is 21.1 Å². The zero-order valence-electron chi connectivity index (χ0n) is 12.4. The molecule has 23 heavy (non-hydrogen) atoms. The molecule has 2 heterocycles. The van der Waals surface area contributed by atoms with Gasteiger partial charge in [0.15, 0.2) is 5.82 Å². The van der Waals surface area contributed by atoms with E-state index in [0.717, 1.165) is 5.56 Å². The van der Waals surface area contributed by atoms with E-state index in [0.29, 0.717) is 34.7 Å². The van der Waals surface area contributed by atoms with Crippen LogP contribution in [0.25, 0.3) is 11.3 Å². The van der Waals surface area contributed by atoms with Crippen molar-refractivity contribution in [2.45, 2.75) is 13.3 Å². The van der Waals surface area contributed by atoms with Gasteiger partial charge < -0.3 is 10.3 Å². The molecule has 0 saturated carbocycles. The van der Waals surface area contributed by atoms with E-state index in [4.69, 9.17) is 21.9 Å². The van der Waals surface area contributed by atoms with E-state index in [9.17, 15) is 0 Å². The molecule has 118 valence electrons. The first kappa shape index (κ1) is 15.1. The maximum Gasteiger partial charge on any atom is 0.263 e. The molecule has 1 aromatic carbocycles. The third kappa shape index (κ3) is 3.35. The smallest absolute Gasteiger partial charge is 0.263 e. The van der Waals surface area contributed by atoms with Crippen LogP contribution in [0.4, 0.5) is 5.95 Å². The maximum atomic E-state index is 5.98. The molecular formula is C15H15ClN6O. The minimum Gasteiger partial charge on any atom is -0.455 e. The molecule has 3 N–H and O–H groups in total. The van der Waals surface area contributed by atoms with Crippen molar-refractivity contribution in [3.63, 3.8) is 0 Å². The molecule has 0 amide bonds. The van der Waals surface area contributed by atoms with E-state index in [2.05, 4.69) is 20.7 Å². The van der Waals surface area contributed by atoms with Crippen molar-refractivity contribution < 1.29 is 4.42 Å². The fourth-order valence-corrected chi connectivity index (χ4v) is 2.20. The van der Waals surface area contributed by atoms with Crippen LogP contribution in [0.2, 0.25) is 5.02 Å². The lowest BCUT2D eigenvalue weighted by Gasteiger charge is -2.00. The molecule has 0 aliphatic heterocycles. The van der Waals surface area contributed by atoms with Crippen molar-refractivity contribution in [3.05, 3.63) is 53.0 Å². The quantitative estimate of drug-likeness (QED) is 0.426. The lowest BCUT2D eigenvalue weighted by molar-refractivity contribution is 0.575. The maximum absolute atomic E-state index is 5.98. The number of nitrogens with zero attached hydrogens (tertiary/aromatic N) is 4. The van der Waals surface area contributed by atoms with Crippen molar-refractivity contribution in [1.29, 1.82) is 0 Å². The molecule has 0 fully saturated rings. The highest BCUT2D eigenvalue weighted by Crippen LogP contribution is 2.24. The van der Waals surface area contributed by atoms with Crippen LogP contribution in [0, 0.1) is 0 Å². The molecule has 3 rings (SSSR count). The standard InChI is InChI=1S/C15H15ClN6O/c1-2-14-19-21-15(22(14)17)20-18-9-12-6-7-13(23-12)10-4-3-5-11(16)8-10/h3-9H,2,17H2,1H3,(H,20,21)/b18-9-. The third-order valence-electron chi connectivity index (χ3n) is 3.17. The normalized spacial score (nSPS) is 11.2. The van der Waals surface area contributed by atoms with E-state index < -0.39 is 0 Å². The number of rotatable bonds is 5. The molecule has 3 aromatic rings. The van der Waals surface area contributed by atoms with E-state index in [1.165, 1.54) is 10.9 Å². The summed E-state index contributed by atoms with van der Waals surface area (Å²) >= 11 is 5.98. The van der Waals surface area contributed by atoms with Gasteiger partial charge in [-0.15, -0.1) is 10.2 Å². The van der Waals surface area contributed by atoms with Gasteiger partial charge in [0, 0.05) is 17.0 Å². The highest BCUT2D eigenvalue weighted by molar-refractivity contribution is 6.30. The first-order valence-electron chi connectivity index (χ1n) is 7.01. The molecule has 0 atom stereocenters. The lowest BCUT2D eigenvalue weighted by atomic mass is 10.2. The van der Waals surface area contributed by atoms with Crippen LogP contribution >= 0.6 is 11.6 Å². The average molecular weight is 331 g/mol. The van der Waals surface area contributed by atoms with Crippen LogP contribution in [0.1, 0.15) is 18.5 Å². The Balaban J connectivity index is 1.70. The summed E-state index contributed by atoms with van der Waals surface area (Å²) in [7, 11) is 0. The number of nitrogens with one attached hydrogen (secondary N) is 1. The number of anilines is 1. The Bertz CT molecular complexity index is 838. The van der Waals surface area contributed by atoms with E-state index in [1.54, 1.807) is 0 Å². The average Bonchev–Trinajstić information content (AvgIpc) is 3.15. The van der Waals surface area contributed by atoms with Gasteiger partial charge in [0.05, 0.1) is 6.21 Å². The topological polar surface area (TPSA) is 94.3 Å². The van der Waals surface area contributed by atoms with Crippen LogP contribution in [-0.2, 0) is 6.42 Å². The second-order valence-corrected chi connectivity index (χ2v) is 5.18. The van der Waals surface area contributed by atoms with Gasteiger partial charge in [0.25, 0.3) is 5.95 Å². The summed E-state index contributed by atoms with van der Waals surface area (Å²) in [4.78, 5) is 0. The van der Waals surface area contributed by atoms with Crippen LogP contribution in [0.5, 0.6) is 0 Å². The molecule has 0 radical (unpaired) electrons. The summed E-state index contributed by atoms with van der Waals surface area (Å²) in [6.45, 7) is 1.95. The molecule has 0 saturated heterocycles. The van der Waals surface area contributed by atoms with Gasteiger partial charge >= 0.3 is 0 Å². The Hall–Kier alpha value is -2.80. The predicted octanol–water partition coefficient (Wildman–Crippen LogP) is 2.91. The summed E-state index contributed by atoms with van der Waals surface area (Å²) < 4.78 is 7.06. The van der Waals surface area contributed by atoms with Crippen molar-refractivity contribution in [3.8, 4) is 11.3 Å². The number of halogens is 1. The van der Waals surface area contributed by atoms with Gasteiger partial charge in [-0.3, -0.25) is 0 Å². The highest BCUT2D eigenvalue weighted by atomic mass is 35.5. The number of aryl methyl sites for hydroxylation is 1. The minimum absolute atomic E-state index is 0.361. The second-order valence-electron chi connectivity index (χ2n) is 4.75. The van der Waals surface area contributed by atoms with Gasteiger partial charge in [-0.05, 0) is 24.3 Å². The summed E-state index contributed by atoms with van der Waals surface area (Å²) in [5.41, 5.74) is 3.63. The lowest BCUT2D eigenvalue weighted by Crippen LogP contribution is -2.14. The van der Waals surface area contributed by atoms with Gasteiger partial charge in [0.2, 0.25) is 0 Å². The Morgan fingerprint density at radius 3 is 2.96 bits per heavy atom. The molecule has 0 unspecified atom stereocenters. The largest absolute Gasteiger partial charge is 0.455 e. The van der Waals surface area contributed by atoms with Crippen molar-refractivity contribution in [2.24, 2.45) is 5.10 Å². The highest BCUT2D eigenvalue weighted by Gasteiger charge is 2.06. The second kappa shape index (κ2) is 6.53. The fraction of sp³-hybridized carbons (Fsp3) is 0.133. The molecule has 0 aliphatic rings. The van der Waals surface area contributed by atoms with Crippen molar-refractivity contribution in [1.82, 2.24) is 14.9 Å². The van der Waals surface area contributed by atoms with Crippen LogP contribution < -0.4 is 11.3 Å². The molecule has 0 aliphatic carbocycles. The molecular weight excluding hydrogens is 316 g/mol. The van der Waals surface area contributed by atoms with Crippen LogP contribution in [0.15, 0.2) is 45.9 Å². The summed E-state index contributed by atoms with van der Waals surface area (Å²) in [5.74, 6) is 8.14. The van der Waals surface area contributed by atoms with Crippen LogP contribution in [0.3, 0.4) is 0 Å². The third-order valence-corrected chi connectivity index (χ3v) is 3.41. The van der Waals surface area contributed by atoms with Gasteiger partial charge in [-0.1, -0.05) is 30.7 Å². The molecule has 7 nitrogen and oxygen atoms in total. The Morgan fingerprint density at radius 1 is 1.35 bits per heavy atom. The first-order chi connectivity index (χ1) is 11.2. The van der Waals surface area contributed by atoms with Gasteiger partial charge in [-0.25, -0.2) is 10.1 Å². The van der Waals surface area contributed by atoms with Gasteiger partial charge in [0.1, 0.15) is 11.5 Å². The Labute approximate surface area is 137 Å². The number of hydrogen-bond donors (Lipinski definition) is 2. The zero-order valence-corrected chi connectivity index (χ0v) is 13.2. The number of hydrogen-bond acceptors (Lipinski definition) is 6. The van der Waals surface area contributed by atoms with E-state index in [-0.39, 0.29) is 0 Å². The molecule has 8 heteroatoms. The number of aromatic nitrogens is 3. The number of benzene rings is 1. The Kier molecular flexibility index (Phi) is 4.29. The minimum atomic E-state index is 0.361. The summed E-state index contributed by atoms with van der Waals surface area (Å²) in [6, 6.07) is 11.1. The summed E-state index contributed by atoms with van der Waals surface area (Å²) in [5, 5.41) is 12.5. The van der Waals surface area contributed by atoms with Gasteiger partial charge in [-0.2, -0.15) is 5.10 Å². The van der Waals surface area contributed by atoms with E-state index in [1.807, 2.05) is 43.3 Å². The molecule has 0 bridgehead atoms. The number of furan rings is 1. The number of nitrogen functional groups attached to an aromatic ring is 1. The first-order valence-corrected chi connectivity index (χ1v) is 7.39. The monoisotopic (exact) mass is 330 g/mol. The SMILES string of the molecule is CCc1nnc(N/N=C\c2ccc(-c3cccc(Cl)c3)o2)n1N. The number of hydrazone groups is 1. The number of nitrogens with two attached hydrogens (primary N) is 1. The van der Waals surface area contributed by atoms with E-state index >= 15 is 0 Å². The summed E-state index contributed by atoms with van der Waals surface area (Å²) in [6.07, 6.45) is 2.23. The zero-order chi connectivity index (χ0) is 16.2. The van der Waals surface area contributed by atoms with Crippen molar-refractivity contribution >= 4 is 23.8 Å². The predicted molar refractivity (Wildman–Crippen MR) is 89.9 cm³/mol. The molecule has 2 aromatic heterocycles. The molecule has 0 spiro atoms. The van der Waals surface area contributed by atoms with Crippen molar-refractivity contribution in [2.75, 3.05) is 11.3 Å². The Morgan fingerprint density at radius 2 is 2.22 bits per heavy atom. The fourth-order valence-electron chi connectivity index (χ4n) is 2.01.